The van der Waals surface area contributed by atoms with Crippen LogP contribution in [0.5, 0.6) is 0 Å². The lowest BCUT2D eigenvalue weighted by molar-refractivity contribution is -0.123. The van der Waals surface area contributed by atoms with E-state index in [4.69, 9.17) is 0 Å². The lowest BCUT2D eigenvalue weighted by atomic mass is 10.1. The van der Waals surface area contributed by atoms with Crippen LogP contribution < -0.4 is 10.6 Å². The molecule has 1 atom stereocenters. The number of carbonyl (C=O) groups is 1. The van der Waals surface area contributed by atoms with Crippen LogP contribution >= 0.6 is 11.3 Å². The van der Waals surface area contributed by atoms with E-state index in [9.17, 15) is 4.79 Å². The molecular weight excluding hydrogens is 338 g/mol. The summed E-state index contributed by atoms with van der Waals surface area (Å²) in [6.07, 6.45) is 6.56. The van der Waals surface area contributed by atoms with Gasteiger partial charge in [0.15, 0.2) is 10.8 Å². The molecule has 4 rings (SSSR count). The van der Waals surface area contributed by atoms with Gasteiger partial charge in [-0.05, 0) is 6.07 Å². The van der Waals surface area contributed by atoms with E-state index in [1.165, 1.54) is 11.3 Å². The molecule has 128 valence electrons. The van der Waals surface area contributed by atoms with Crippen molar-refractivity contribution in [3.8, 4) is 10.8 Å². The van der Waals surface area contributed by atoms with Gasteiger partial charge in [0.2, 0.25) is 5.91 Å². The lowest BCUT2D eigenvalue weighted by Crippen LogP contribution is -2.42. The number of rotatable bonds is 5. The maximum Gasteiger partial charge on any atom is 0.243 e. The number of fused-ring (bicyclic) bond motifs is 1. The molecule has 9 heteroatoms. The van der Waals surface area contributed by atoms with Gasteiger partial charge in [0.1, 0.15) is 6.04 Å². The van der Waals surface area contributed by atoms with Crippen molar-refractivity contribution in [3.63, 3.8) is 0 Å². The topological polar surface area (TPSA) is 108 Å². The molecule has 1 aliphatic rings. The van der Waals surface area contributed by atoms with Gasteiger partial charge in [-0.3, -0.25) is 4.79 Å². The number of hydrogen-bond donors (Lipinski definition) is 3. The van der Waals surface area contributed by atoms with E-state index >= 15 is 0 Å². The molecule has 0 aliphatic carbocycles. The zero-order valence-corrected chi connectivity index (χ0v) is 14.2. The first-order chi connectivity index (χ1) is 12.3. The van der Waals surface area contributed by atoms with Crippen LogP contribution in [0.4, 0.5) is 0 Å². The Kier molecular flexibility index (Phi) is 4.49. The maximum absolute atomic E-state index is 12.4. The summed E-state index contributed by atoms with van der Waals surface area (Å²) in [5, 5.41) is 8.93. The summed E-state index contributed by atoms with van der Waals surface area (Å²) in [6.45, 7) is 1.29. The summed E-state index contributed by atoms with van der Waals surface area (Å²) in [5.41, 5.74) is 2.75. The third kappa shape index (κ3) is 3.42. The minimum absolute atomic E-state index is 0.0603. The average Bonchev–Trinajstić information content (AvgIpc) is 3.31. The molecule has 3 N–H and O–H groups in total. The van der Waals surface area contributed by atoms with Gasteiger partial charge in [-0.25, -0.2) is 19.9 Å². The van der Waals surface area contributed by atoms with Crippen LogP contribution in [0.1, 0.15) is 23.1 Å². The molecule has 25 heavy (non-hydrogen) atoms. The number of thiazole rings is 1. The van der Waals surface area contributed by atoms with Gasteiger partial charge < -0.3 is 15.6 Å². The number of aromatic amines is 1. The van der Waals surface area contributed by atoms with E-state index in [0.717, 1.165) is 35.1 Å². The van der Waals surface area contributed by atoms with Crippen molar-refractivity contribution >= 4 is 17.2 Å². The molecule has 4 heterocycles. The van der Waals surface area contributed by atoms with Gasteiger partial charge >= 0.3 is 0 Å². The summed E-state index contributed by atoms with van der Waals surface area (Å²) in [7, 11) is 0. The quantitative estimate of drug-likeness (QED) is 0.627. The van der Waals surface area contributed by atoms with E-state index in [0.29, 0.717) is 18.8 Å². The molecule has 1 amide bonds. The average molecular weight is 355 g/mol. The Hall–Kier alpha value is -2.65. The predicted molar refractivity (Wildman–Crippen MR) is 92.9 cm³/mol. The highest BCUT2D eigenvalue weighted by molar-refractivity contribution is 7.13. The third-order valence-corrected chi connectivity index (χ3v) is 4.89. The number of amides is 1. The van der Waals surface area contributed by atoms with Crippen molar-refractivity contribution in [3.05, 3.63) is 47.2 Å². The first-order valence-corrected chi connectivity index (χ1v) is 8.94. The molecule has 0 saturated heterocycles. The zero-order valence-electron chi connectivity index (χ0n) is 13.4. The van der Waals surface area contributed by atoms with Gasteiger partial charge in [0, 0.05) is 49.4 Å². The molecule has 0 spiro atoms. The van der Waals surface area contributed by atoms with E-state index in [1.54, 1.807) is 24.8 Å². The van der Waals surface area contributed by atoms with Gasteiger partial charge in [0.25, 0.3) is 0 Å². The second-order valence-electron chi connectivity index (χ2n) is 5.66. The number of imidazole rings is 1. The minimum Gasteiger partial charge on any atom is -0.354 e. The van der Waals surface area contributed by atoms with E-state index < -0.39 is 6.04 Å². The highest BCUT2D eigenvalue weighted by Crippen LogP contribution is 2.20. The normalized spacial score (nSPS) is 16.4. The highest BCUT2D eigenvalue weighted by atomic mass is 32.1. The maximum atomic E-state index is 12.4. The van der Waals surface area contributed by atoms with Gasteiger partial charge in [-0.1, -0.05) is 0 Å². The molecule has 3 aromatic rings. The number of hydrogen-bond acceptors (Lipinski definition) is 7. The fourth-order valence-electron chi connectivity index (χ4n) is 2.79. The van der Waals surface area contributed by atoms with Crippen LogP contribution in [0.2, 0.25) is 0 Å². The van der Waals surface area contributed by atoms with Crippen LogP contribution in [0.25, 0.3) is 10.8 Å². The Morgan fingerprint density at radius 3 is 3.08 bits per heavy atom. The van der Waals surface area contributed by atoms with E-state index in [-0.39, 0.29) is 5.91 Å². The molecule has 3 aromatic heterocycles. The van der Waals surface area contributed by atoms with Crippen molar-refractivity contribution in [1.82, 2.24) is 35.6 Å². The van der Waals surface area contributed by atoms with Crippen LogP contribution in [0.15, 0.2) is 30.2 Å². The minimum atomic E-state index is -0.390. The second-order valence-corrected chi connectivity index (χ2v) is 6.52. The fourth-order valence-corrected chi connectivity index (χ4v) is 3.58. The molecule has 1 aliphatic heterocycles. The first-order valence-electron chi connectivity index (χ1n) is 8.06. The van der Waals surface area contributed by atoms with E-state index in [2.05, 4.69) is 35.6 Å². The Bertz CT molecular complexity index is 860. The largest absolute Gasteiger partial charge is 0.354 e. The van der Waals surface area contributed by atoms with Crippen molar-refractivity contribution in [2.24, 2.45) is 0 Å². The standard InChI is InChI=1S/C16H17N7OS/c24-15(13-12-11(3-7-17-13)21-9-22-12)20-6-2-10-8-25-16(23-10)14-18-4-1-5-19-14/h1,4-5,8-9,13,17H,2-3,6-7H2,(H,20,24)(H,21,22)/t13-/m0/s1. The van der Waals surface area contributed by atoms with Crippen LogP contribution in [-0.2, 0) is 17.6 Å². The molecular formula is C16H17N7OS. The van der Waals surface area contributed by atoms with Crippen molar-refractivity contribution in [2.75, 3.05) is 13.1 Å². The predicted octanol–water partition coefficient (Wildman–Crippen LogP) is 0.869. The van der Waals surface area contributed by atoms with Gasteiger partial charge in [-0.15, -0.1) is 11.3 Å². The number of carbonyl (C=O) groups excluding carboxylic acids is 1. The molecule has 0 aromatic carbocycles. The molecule has 0 bridgehead atoms. The zero-order chi connectivity index (χ0) is 17.1. The van der Waals surface area contributed by atoms with Crippen molar-refractivity contribution < 1.29 is 4.79 Å². The third-order valence-electron chi connectivity index (χ3n) is 4.00. The van der Waals surface area contributed by atoms with E-state index in [1.807, 2.05) is 5.38 Å². The van der Waals surface area contributed by atoms with Crippen LogP contribution in [-0.4, -0.2) is 43.9 Å². The van der Waals surface area contributed by atoms with Crippen molar-refractivity contribution in [1.29, 1.82) is 0 Å². The smallest absolute Gasteiger partial charge is 0.243 e. The van der Waals surface area contributed by atoms with Crippen LogP contribution in [0.3, 0.4) is 0 Å². The Balaban J connectivity index is 1.33. The monoisotopic (exact) mass is 355 g/mol. The molecule has 0 radical (unpaired) electrons. The summed E-state index contributed by atoms with van der Waals surface area (Å²) < 4.78 is 0. The summed E-state index contributed by atoms with van der Waals surface area (Å²) in [5.74, 6) is 0.565. The SMILES string of the molecule is O=C(NCCc1csc(-c2ncccn2)n1)[C@H]1NCCc2[nH]cnc21. The highest BCUT2D eigenvalue weighted by Gasteiger charge is 2.28. The molecule has 8 nitrogen and oxygen atoms in total. The Morgan fingerprint density at radius 2 is 2.20 bits per heavy atom. The van der Waals surface area contributed by atoms with Gasteiger partial charge in [-0.2, -0.15) is 0 Å². The molecule has 0 saturated carbocycles. The number of nitrogens with zero attached hydrogens (tertiary/aromatic N) is 4. The lowest BCUT2D eigenvalue weighted by Gasteiger charge is -2.22. The van der Waals surface area contributed by atoms with Crippen LogP contribution in [0, 0.1) is 0 Å². The number of nitrogens with one attached hydrogen (secondary N) is 3. The Morgan fingerprint density at radius 1 is 1.32 bits per heavy atom. The molecule has 0 fully saturated rings. The Labute approximate surface area is 148 Å². The van der Waals surface area contributed by atoms with Crippen molar-refractivity contribution in [2.45, 2.75) is 18.9 Å². The van der Waals surface area contributed by atoms with Gasteiger partial charge in [0.05, 0.1) is 17.7 Å². The second kappa shape index (κ2) is 7.08. The number of aromatic nitrogens is 5. The molecule has 0 unspecified atom stereocenters. The first kappa shape index (κ1) is 15.9. The summed E-state index contributed by atoms with van der Waals surface area (Å²) in [6, 6.07) is 1.39. The summed E-state index contributed by atoms with van der Waals surface area (Å²) in [4.78, 5) is 32.7. The fraction of sp³-hybridized carbons (Fsp3) is 0.312. The summed E-state index contributed by atoms with van der Waals surface area (Å²) >= 11 is 1.51. The number of H-pyrrole nitrogens is 1.